The number of methoxy groups -OCH3 is 1. The Morgan fingerprint density at radius 3 is 2.71 bits per heavy atom. The predicted octanol–water partition coefficient (Wildman–Crippen LogP) is 3.30. The summed E-state index contributed by atoms with van der Waals surface area (Å²) in [5.74, 6) is 0.634. The second-order valence-electron chi connectivity index (χ2n) is 4.03. The number of hydrogen-bond donors (Lipinski definition) is 0. The molecule has 0 bridgehead atoms. The molecule has 0 heterocycles. The molecule has 0 aromatic heterocycles. The molecule has 1 nitrogen and oxygen atoms in total. The largest absolute Gasteiger partial charge is 0.377 e. The number of rotatable bonds is 4. The Morgan fingerprint density at radius 1 is 1.50 bits per heavy atom. The SMILES string of the molecule is COC(CC(C)C)C1=CC=CCC1=S. The third-order valence-corrected chi connectivity index (χ3v) is 2.76. The van der Waals surface area contributed by atoms with Gasteiger partial charge in [0.25, 0.3) is 0 Å². The van der Waals surface area contributed by atoms with Crippen molar-refractivity contribution in [3.05, 3.63) is 23.8 Å². The van der Waals surface area contributed by atoms with E-state index in [9.17, 15) is 0 Å². The van der Waals surface area contributed by atoms with E-state index >= 15 is 0 Å². The Bertz CT molecular complexity index is 263. The maximum atomic E-state index is 5.48. The number of allylic oxidation sites excluding steroid dienone is 3. The van der Waals surface area contributed by atoms with Crippen molar-refractivity contribution in [2.75, 3.05) is 7.11 Å². The Hall–Kier alpha value is -0.470. The monoisotopic (exact) mass is 210 g/mol. The first kappa shape index (κ1) is 11.6. The van der Waals surface area contributed by atoms with E-state index in [0.29, 0.717) is 5.92 Å². The standard InChI is InChI=1S/C12H18OS/c1-9(2)8-11(13-3)10-6-4-5-7-12(10)14/h4-6,9,11H,7-8H2,1-3H3. The fourth-order valence-corrected chi connectivity index (χ4v) is 1.92. The fraction of sp³-hybridized carbons (Fsp3) is 0.583. The molecule has 1 atom stereocenters. The van der Waals surface area contributed by atoms with Gasteiger partial charge >= 0.3 is 0 Å². The molecule has 0 fully saturated rings. The van der Waals surface area contributed by atoms with Crippen molar-refractivity contribution < 1.29 is 4.74 Å². The van der Waals surface area contributed by atoms with E-state index in [1.54, 1.807) is 7.11 Å². The Morgan fingerprint density at radius 2 is 2.21 bits per heavy atom. The van der Waals surface area contributed by atoms with Crippen LogP contribution in [-0.2, 0) is 4.74 Å². The van der Waals surface area contributed by atoms with E-state index in [2.05, 4.69) is 32.1 Å². The van der Waals surface area contributed by atoms with E-state index in [1.807, 2.05) is 0 Å². The summed E-state index contributed by atoms with van der Waals surface area (Å²) in [6, 6.07) is 0. The van der Waals surface area contributed by atoms with Crippen LogP contribution >= 0.6 is 12.2 Å². The zero-order valence-electron chi connectivity index (χ0n) is 9.12. The molecule has 1 aliphatic carbocycles. The highest BCUT2D eigenvalue weighted by atomic mass is 32.1. The second-order valence-corrected chi connectivity index (χ2v) is 4.52. The Labute approximate surface area is 91.8 Å². The van der Waals surface area contributed by atoms with Crippen LogP contribution in [0.15, 0.2) is 23.8 Å². The molecule has 2 heteroatoms. The van der Waals surface area contributed by atoms with Gasteiger partial charge in [0.05, 0.1) is 6.10 Å². The molecule has 0 aliphatic heterocycles. The van der Waals surface area contributed by atoms with Crippen LogP contribution < -0.4 is 0 Å². The van der Waals surface area contributed by atoms with Crippen LogP contribution in [0.2, 0.25) is 0 Å². The summed E-state index contributed by atoms with van der Waals surface area (Å²) in [6.07, 6.45) is 8.34. The van der Waals surface area contributed by atoms with Crippen LogP contribution in [0.25, 0.3) is 0 Å². The third-order valence-electron chi connectivity index (χ3n) is 2.35. The first-order valence-electron chi connectivity index (χ1n) is 5.08. The van der Waals surface area contributed by atoms with Crippen molar-refractivity contribution >= 4 is 17.1 Å². The van der Waals surface area contributed by atoms with Crippen LogP contribution in [0.4, 0.5) is 0 Å². The first-order chi connectivity index (χ1) is 6.65. The lowest BCUT2D eigenvalue weighted by molar-refractivity contribution is 0.117. The number of ether oxygens (including phenoxy) is 1. The molecule has 0 spiro atoms. The van der Waals surface area contributed by atoms with Gasteiger partial charge in [-0.1, -0.05) is 44.3 Å². The summed E-state index contributed by atoms with van der Waals surface area (Å²) < 4.78 is 5.48. The first-order valence-corrected chi connectivity index (χ1v) is 5.48. The normalized spacial score (nSPS) is 18.6. The summed E-state index contributed by atoms with van der Waals surface area (Å²) in [5, 5.41) is 0. The van der Waals surface area contributed by atoms with Gasteiger partial charge in [0.2, 0.25) is 0 Å². The topological polar surface area (TPSA) is 9.23 Å². The van der Waals surface area contributed by atoms with E-state index < -0.39 is 0 Å². The van der Waals surface area contributed by atoms with Gasteiger partial charge < -0.3 is 4.74 Å². The second kappa shape index (κ2) is 5.42. The number of thiocarbonyl (C=S) groups is 1. The summed E-state index contributed by atoms with van der Waals surface area (Å²) in [5.41, 5.74) is 1.19. The predicted molar refractivity (Wildman–Crippen MR) is 64.7 cm³/mol. The minimum absolute atomic E-state index is 0.174. The van der Waals surface area contributed by atoms with Gasteiger partial charge in [-0.05, 0) is 17.9 Å². The molecule has 0 aromatic carbocycles. The van der Waals surface area contributed by atoms with Gasteiger partial charge in [-0.25, -0.2) is 0 Å². The summed E-state index contributed by atoms with van der Waals surface area (Å²) in [7, 11) is 1.76. The van der Waals surface area contributed by atoms with Crippen molar-refractivity contribution in [2.24, 2.45) is 5.92 Å². The average molecular weight is 210 g/mol. The highest BCUT2D eigenvalue weighted by Gasteiger charge is 2.18. The summed E-state index contributed by atoms with van der Waals surface area (Å²) in [6.45, 7) is 4.41. The molecule has 78 valence electrons. The van der Waals surface area contributed by atoms with E-state index in [-0.39, 0.29) is 6.10 Å². The fourth-order valence-electron chi connectivity index (χ4n) is 1.62. The van der Waals surface area contributed by atoms with Gasteiger partial charge in [-0.3, -0.25) is 0 Å². The van der Waals surface area contributed by atoms with Crippen molar-refractivity contribution in [3.8, 4) is 0 Å². The van der Waals surface area contributed by atoms with Crippen molar-refractivity contribution in [1.29, 1.82) is 0 Å². The van der Waals surface area contributed by atoms with E-state index in [0.717, 1.165) is 17.7 Å². The van der Waals surface area contributed by atoms with Gasteiger partial charge in [0, 0.05) is 18.4 Å². The van der Waals surface area contributed by atoms with Gasteiger partial charge in [-0.15, -0.1) is 0 Å². The molecule has 1 rings (SSSR count). The summed E-state index contributed by atoms with van der Waals surface area (Å²) >= 11 is 5.32. The molecular formula is C12H18OS. The Balaban J connectivity index is 2.72. The molecule has 0 aromatic rings. The zero-order valence-corrected chi connectivity index (χ0v) is 9.93. The van der Waals surface area contributed by atoms with Crippen molar-refractivity contribution in [3.63, 3.8) is 0 Å². The van der Waals surface area contributed by atoms with Gasteiger partial charge in [0.15, 0.2) is 0 Å². The van der Waals surface area contributed by atoms with Crippen LogP contribution in [-0.4, -0.2) is 18.1 Å². The molecule has 0 saturated heterocycles. The van der Waals surface area contributed by atoms with Crippen molar-refractivity contribution in [2.45, 2.75) is 32.8 Å². The van der Waals surface area contributed by atoms with Crippen molar-refractivity contribution in [1.82, 2.24) is 0 Å². The van der Waals surface area contributed by atoms with Crippen LogP contribution in [0.3, 0.4) is 0 Å². The average Bonchev–Trinajstić information content (AvgIpc) is 2.15. The third kappa shape index (κ3) is 3.03. The van der Waals surface area contributed by atoms with Gasteiger partial charge in [-0.2, -0.15) is 0 Å². The smallest absolute Gasteiger partial charge is 0.0834 e. The lowest BCUT2D eigenvalue weighted by Gasteiger charge is -2.22. The lowest BCUT2D eigenvalue weighted by Crippen LogP contribution is -2.22. The lowest BCUT2D eigenvalue weighted by atomic mass is 9.93. The van der Waals surface area contributed by atoms with E-state index in [4.69, 9.17) is 17.0 Å². The minimum atomic E-state index is 0.174. The van der Waals surface area contributed by atoms with Crippen LogP contribution in [0.1, 0.15) is 26.7 Å². The molecule has 1 unspecified atom stereocenters. The summed E-state index contributed by atoms with van der Waals surface area (Å²) in [4.78, 5) is 1.03. The number of hydrogen-bond acceptors (Lipinski definition) is 2. The molecule has 0 saturated carbocycles. The molecule has 0 amide bonds. The Kier molecular flexibility index (Phi) is 4.49. The molecule has 14 heavy (non-hydrogen) atoms. The van der Waals surface area contributed by atoms with E-state index in [1.165, 1.54) is 5.57 Å². The van der Waals surface area contributed by atoms with Crippen LogP contribution in [0.5, 0.6) is 0 Å². The van der Waals surface area contributed by atoms with Gasteiger partial charge in [0.1, 0.15) is 0 Å². The zero-order chi connectivity index (χ0) is 10.6. The van der Waals surface area contributed by atoms with Crippen LogP contribution in [0, 0.1) is 5.92 Å². The maximum Gasteiger partial charge on any atom is 0.0834 e. The molecule has 1 aliphatic rings. The highest BCUT2D eigenvalue weighted by Crippen LogP contribution is 2.21. The minimum Gasteiger partial charge on any atom is -0.377 e. The quantitative estimate of drug-likeness (QED) is 0.658. The molecular weight excluding hydrogens is 192 g/mol. The highest BCUT2D eigenvalue weighted by molar-refractivity contribution is 7.80. The molecule has 0 radical (unpaired) electrons. The molecule has 0 N–H and O–H groups in total. The maximum absolute atomic E-state index is 5.48.